The molecule has 0 aliphatic heterocycles. The van der Waals surface area contributed by atoms with Gasteiger partial charge in [0.1, 0.15) is 11.2 Å². The molecular formula is C44H28O. The monoisotopic (exact) mass is 572 g/mol. The summed E-state index contributed by atoms with van der Waals surface area (Å²) in [5, 5.41) is 7.23. The molecule has 0 aliphatic carbocycles. The van der Waals surface area contributed by atoms with Gasteiger partial charge in [0, 0.05) is 10.8 Å². The highest BCUT2D eigenvalue weighted by Crippen LogP contribution is 2.49. The van der Waals surface area contributed by atoms with E-state index in [2.05, 4.69) is 158 Å². The highest BCUT2D eigenvalue weighted by molar-refractivity contribution is 6.24. The van der Waals surface area contributed by atoms with Gasteiger partial charge in [-0.25, -0.2) is 0 Å². The van der Waals surface area contributed by atoms with Crippen molar-refractivity contribution < 1.29 is 4.42 Å². The number of hydrogen-bond acceptors (Lipinski definition) is 1. The lowest BCUT2D eigenvalue weighted by Crippen LogP contribution is -1.95. The number of para-hydroxylation sites is 1. The largest absolute Gasteiger partial charge is 0.456 e. The SMILES string of the molecule is c1ccc(-c2cccc(-c3ccccc3)c2-c2c3ccccc3c(-c3ccc4oc5ccccc5c4c3)c3ccccc23)cc1. The minimum Gasteiger partial charge on any atom is -0.456 e. The van der Waals surface area contributed by atoms with E-state index < -0.39 is 0 Å². The first kappa shape index (κ1) is 25.6. The molecule has 1 aromatic heterocycles. The van der Waals surface area contributed by atoms with Gasteiger partial charge in [0.2, 0.25) is 0 Å². The molecule has 0 radical (unpaired) electrons. The molecular weight excluding hydrogens is 544 g/mol. The van der Waals surface area contributed by atoms with Crippen LogP contribution in [0, 0.1) is 0 Å². The van der Waals surface area contributed by atoms with Crippen molar-refractivity contribution in [1.82, 2.24) is 0 Å². The second-order valence-electron chi connectivity index (χ2n) is 11.6. The molecule has 1 nitrogen and oxygen atoms in total. The molecule has 0 aliphatic rings. The maximum absolute atomic E-state index is 6.21. The Hall–Kier alpha value is -5.92. The molecule has 1 heterocycles. The average molecular weight is 573 g/mol. The lowest BCUT2D eigenvalue weighted by atomic mass is 9.81. The van der Waals surface area contributed by atoms with Gasteiger partial charge < -0.3 is 4.42 Å². The molecule has 0 saturated carbocycles. The van der Waals surface area contributed by atoms with E-state index >= 15 is 0 Å². The number of benzene rings is 8. The molecule has 9 aromatic rings. The van der Waals surface area contributed by atoms with Gasteiger partial charge in [-0.3, -0.25) is 0 Å². The Kier molecular flexibility index (Phi) is 5.89. The zero-order valence-electron chi connectivity index (χ0n) is 24.6. The summed E-state index contributed by atoms with van der Waals surface area (Å²) in [4.78, 5) is 0. The molecule has 0 N–H and O–H groups in total. The van der Waals surface area contributed by atoms with Crippen LogP contribution in [-0.2, 0) is 0 Å². The van der Waals surface area contributed by atoms with E-state index in [1.807, 2.05) is 12.1 Å². The van der Waals surface area contributed by atoms with E-state index in [4.69, 9.17) is 4.42 Å². The van der Waals surface area contributed by atoms with E-state index in [-0.39, 0.29) is 0 Å². The van der Waals surface area contributed by atoms with E-state index in [9.17, 15) is 0 Å². The normalized spacial score (nSPS) is 11.6. The highest BCUT2D eigenvalue weighted by Gasteiger charge is 2.22. The smallest absolute Gasteiger partial charge is 0.135 e. The van der Waals surface area contributed by atoms with Crippen molar-refractivity contribution in [2.75, 3.05) is 0 Å². The van der Waals surface area contributed by atoms with Crippen LogP contribution in [0.4, 0.5) is 0 Å². The summed E-state index contributed by atoms with van der Waals surface area (Å²) < 4.78 is 6.21. The van der Waals surface area contributed by atoms with Gasteiger partial charge >= 0.3 is 0 Å². The first-order chi connectivity index (χ1) is 22.3. The van der Waals surface area contributed by atoms with Gasteiger partial charge in [-0.1, -0.05) is 152 Å². The summed E-state index contributed by atoms with van der Waals surface area (Å²) in [5.74, 6) is 0. The molecule has 0 unspecified atom stereocenters. The quantitative estimate of drug-likeness (QED) is 0.191. The number of fused-ring (bicyclic) bond motifs is 5. The van der Waals surface area contributed by atoms with Crippen molar-refractivity contribution in [3.63, 3.8) is 0 Å². The summed E-state index contributed by atoms with van der Waals surface area (Å²) in [7, 11) is 0. The second kappa shape index (κ2) is 10.4. The number of rotatable bonds is 4. The third kappa shape index (κ3) is 4.09. The Balaban J connectivity index is 1.42. The van der Waals surface area contributed by atoms with Crippen LogP contribution in [0.5, 0.6) is 0 Å². The lowest BCUT2D eigenvalue weighted by molar-refractivity contribution is 0.669. The van der Waals surface area contributed by atoms with Crippen molar-refractivity contribution >= 4 is 43.5 Å². The van der Waals surface area contributed by atoms with Gasteiger partial charge in [-0.05, 0) is 84.3 Å². The molecule has 9 rings (SSSR count). The fraction of sp³-hybridized carbons (Fsp3) is 0. The number of furan rings is 1. The Labute approximate surface area is 261 Å². The maximum Gasteiger partial charge on any atom is 0.135 e. The van der Waals surface area contributed by atoms with Crippen LogP contribution in [-0.4, -0.2) is 0 Å². The van der Waals surface area contributed by atoms with Crippen molar-refractivity contribution in [1.29, 1.82) is 0 Å². The second-order valence-corrected chi connectivity index (χ2v) is 11.6. The summed E-state index contributed by atoms with van der Waals surface area (Å²) in [6.45, 7) is 0. The predicted octanol–water partition coefficient (Wildman–Crippen LogP) is 12.6. The predicted molar refractivity (Wildman–Crippen MR) is 190 cm³/mol. The van der Waals surface area contributed by atoms with Gasteiger partial charge in [0.25, 0.3) is 0 Å². The molecule has 0 saturated heterocycles. The van der Waals surface area contributed by atoms with Crippen LogP contribution in [0.25, 0.3) is 88.0 Å². The van der Waals surface area contributed by atoms with Crippen LogP contribution in [0.1, 0.15) is 0 Å². The molecule has 8 aromatic carbocycles. The zero-order valence-corrected chi connectivity index (χ0v) is 24.6. The van der Waals surface area contributed by atoms with Crippen molar-refractivity contribution in [3.05, 3.63) is 170 Å². The van der Waals surface area contributed by atoms with Crippen molar-refractivity contribution in [2.45, 2.75) is 0 Å². The zero-order chi connectivity index (χ0) is 29.7. The number of hydrogen-bond donors (Lipinski definition) is 0. The molecule has 0 fully saturated rings. The Morgan fingerprint density at radius 3 is 1.31 bits per heavy atom. The fourth-order valence-electron chi connectivity index (χ4n) is 7.13. The van der Waals surface area contributed by atoms with Crippen LogP contribution >= 0.6 is 0 Å². The minimum atomic E-state index is 0.912. The minimum absolute atomic E-state index is 0.912. The van der Waals surface area contributed by atoms with E-state index in [0.29, 0.717) is 0 Å². The van der Waals surface area contributed by atoms with Gasteiger partial charge in [-0.2, -0.15) is 0 Å². The molecule has 0 atom stereocenters. The van der Waals surface area contributed by atoms with Crippen molar-refractivity contribution in [2.24, 2.45) is 0 Å². The Morgan fingerprint density at radius 1 is 0.267 bits per heavy atom. The van der Waals surface area contributed by atoms with Crippen LogP contribution in [0.2, 0.25) is 0 Å². The maximum atomic E-state index is 6.21. The van der Waals surface area contributed by atoms with E-state index in [1.165, 1.54) is 66.1 Å². The summed E-state index contributed by atoms with van der Waals surface area (Å²) >= 11 is 0. The topological polar surface area (TPSA) is 13.1 Å². The summed E-state index contributed by atoms with van der Waals surface area (Å²) in [6, 6.07) is 61.1. The van der Waals surface area contributed by atoms with Gasteiger partial charge in [0.15, 0.2) is 0 Å². The fourth-order valence-corrected chi connectivity index (χ4v) is 7.13. The van der Waals surface area contributed by atoms with Gasteiger partial charge in [-0.15, -0.1) is 0 Å². The molecule has 210 valence electrons. The van der Waals surface area contributed by atoms with Crippen LogP contribution in [0.15, 0.2) is 174 Å². The molecule has 45 heavy (non-hydrogen) atoms. The molecule has 0 amide bonds. The summed E-state index contributed by atoms with van der Waals surface area (Å²) in [5.41, 5.74) is 11.7. The standard InChI is InChI=1S/C44H28O/c1-3-14-29(15-4-1)32-23-13-24-33(30-16-5-2-6-17-30)43(32)44-37-21-9-7-19-35(37)42(36-20-8-10-22-38(36)44)31-26-27-41-39(28-31)34-18-11-12-25-40(34)45-41/h1-28H. The third-order valence-electron chi connectivity index (χ3n) is 9.08. The van der Waals surface area contributed by atoms with E-state index in [0.717, 1.165) is 21.9 Å². The molecule has 0 spiro atoms. The third-order valence-corrected chi connectivity index (χ3v) is 9.08. The highest BCUT2D eigenvalue weighted by atomic mass is 16.3. The molecule has 0 bridgehead atoms. The average Bonchev–Trinajstić information content (AvgIpc) is 3.49. The Bertz CT molecular complexity index is 2410. The van der Waals surface area contributed by atoms with Crippen LogP contribution in [0.3, 0.4) is 0 Å². The van der Waals surface area contributed by atoms with Crippen LogP contribution < -0.4 is 0 Å². The first-order valence-corrected chi connectivity index (χ1v) is 15.4. The van der Waals surface area contributed by atoms with Crippen molar-refractivity contribution in [3.8, 4) is 44.5 Å². The first-order valence-electron chi connectivity index (χ1n) is 15.4. The summed E-state index contributed by atoms with van der Waals surface area (Å²) in [6.07, 6.45) is 0. The van der Waals surface area contributed by atoms with E-state index in [1.54, 1.807) is 0 Å². The lowest BCUT2D eigenvalue weighted by Gasteiger charge is -2.22. The molecule has 1 heteroatoms. The Morgan fingerprint density at radius 2 is 0.733 bits per heavy atom. The van der Waals surface area contributed by atoms with Gasteiger partial charge in [0.05, 0.1) is 0 Å².